The van der Waals surface area contributed by atoms with E-state index in [1.54, 1.807) is 0 Å². The molecule has 2 N–H and O–H groups in total. The Morgan fingerprint density at radius 3 is 2.29 bits per heavy atom. The number of amides is 1. The second-order valence-corrected chi connectivity index (χ2v) is 6.86. The molecule has 124 valence electrons. The average Bonchev–Trinajstić information content (AvgIpc) is 2.45. The minimum Gasteiger partial charge on any atom is -0.344 e. The lowest BCUT2D eigenvalue weighted by Gasteiger charge is -2.36. The quantitative estimate of drug-likeness (QED) is 0.752. The van der Waals surface area contributed by atoms with Crippen LogP contribution in [0.25, 0.3) is 0 Å². The number of piperidine rings is 1. The van der Waals surface area contributed by atoms with Crippen molar-refractivity contribution in [3.05, 3.63) is 0 Å². The minimum atomic E-state index is -0.0522. The second-order valence-electron chi connectivity index (χ2n) is 6.86. The summed E-state index contributed by atoms with van der Waals surface area (Å²) in [7, 11) is 6.26. The molecule has 0 radical (unpaired) electrons. The molecule has 0 aromatic rings. The molecule has 0 aromatic heterocycles. The molecule has 1 amide bonds. The Morgan fingerprint density at radius 2 is 1.81 bits per heavy atom. The highest BCUT2D eigenvalue weighted by Crippen LogP contribution is 2.15. The molecule has 0 spiro atoms. The highest BCUT2D eigenvalue weighted by Gasteiger charge is 2.25. The van der Waals surface area contributed by atoms with Crippen LogP contribution in [0.1, 0.15) is 26.7 Å². The molecule has 1 rings (SSSR count). The Balaban J connectivity index is 2.37. The van der Waals surface area contributed by atoms with E-state index in [-0.39, 0.29) is 11.8 Å². The summed E-state index contributed by atoms with van der Waals surface area (Å²) in [6, 6.07) is 0.653. The molecule has 1 aliphatic heterocycles. The van der Waals surface area contributed by atoms with E-state index in [0.717, 1.165) is 13.1 Å². The molecule has 5 heteroatoms. The number of hydrogen-bond acceptors (Lipinski definition) is 4. The van der Waals surface area contributed by atoms with E-state index in [1.165, 1.54) is 25.9 Å². The number of likely N-dealkylation sites (tertiary alicyclic amines) is 1. The fourth-order valence-corrected chi connectivity index (χ4v) is 2.98. The summed E-state index contributed by atoms with van der Waals surface area (Å²) in [6.45, 7) is 8.63. The van der Waals surface area contributed by atoms with Crippen LogP contribution in [0, 0.1) is 11.8 Å². The lowest BCUT2D eigenvalue weighted by atomic mass is 9.94. The Morgan fingerprint density at radius 1 is 1.24 bits per heavy atom. The van der Waals surface area contributed by atoms with Gasteiger partial charge in [-0.3, -0.25) is 4.79 Å². The van der Waals surface area contributed by atoms with E-state index in [1.807, 2.05) is 11.9 Å². The predicted molar refractivity (Wildman–Crippen MR) is 88.2 cm³/mol. The van der Waals surface area contributed by atoms with Crippen LogP contribution in [0.4, 0.5) is 0 Å². The van der Waals surface area contributed by atoms with Crippen LogP contribution < -0.4 is 5.73 Å². The molecule has 1 heterocycles. The van der Waals surface area contributed by atoms with Crippen molar-refractivity contribution >= 4 is 5.91 Å². The molecular weight excluding hydrogens is 264 g/mol. The zero-order valence-corrected chi connectivity index (χ0v) is 14.5. The first kappa shape index (κ1) is 18.4. The Bertz CT molecular complexity index is 313. The Labute approximate surface area is 130 Å². The summed E-state index contributed by atoms with van der Waals surface area (Å²) in [5.41, 5.74) is 5.74. The molecule has 1 fully saturated rings. The van der Waals surface area contributed by atoms with Crippen LogP contribution in [-0.4, -0.2) is 80.5 Å². The maximum atomic E-state index is 12.4. The van der Waals surface area contributed by atoms with Crippen LogP contribution >= 0.6 is 0 Å². The van der Waals surface area contributed by atoms with E-state index in [2.05, 4.69) is 37.7 Å². The summed E-state index contributed by atoms with van der Waals surface area (Å²) >= 11 is 0. The lowest BCUT2D eigenvalue weighted by Crippen LogP contribution is -2.46. The number of carbonyl (C=O) groups excluding carboxylic acids is 1. The van der Waals surface area contributed by atoms with Crippen LogP contribution in [0.3, 0.4) is 0 Å². The molecule has 5 nitrogen and oxygen atoms in total. The SMILES string of the molecule is CC(C)C(CN)C(=O)N(C)CCN(C)C1CCN(C)CC1. The number of likely N-dealkylation sites (N-methyl/N-ethyl adjacent to an activating group) is 2. The summed E-state index contributed by atoms with van der Waals surface area (Å²) in [6.07, 6.45) is 2.45. The zero-order valence-electron chi connectivity index (χ0n) is 14.5. The van der Waals surface area contributed by atoms with E-state index in [4.69, 9.17) is 5.73 Å². The van der Waals surface area contributed by atoms with E-state index in [9.17, 15) is 4.79 Å². The highest BCUT2D eigenvalue weighted by molar-refractivity contribution is 5.79. The van der Waals surface area contributed by atoms with Gasteiger partial charge in [-0.25, -0.2) is 0 Å². The summed E-state index contributed by atoms with van der Waals surface area (Å²) in [5.74, 6) is 0.435. The van der Waals surface area contributed by atoms with Gasteiger partial charge in [0.25, 0.3) is 0 Å². The molecular formula is C16H34N4O. The van der Waals surface area contributed by atoms with Gasteiger partial charge in [0.2, 0.25) is 5.91 Å². The van der Waals surface area contributed by atoms with Gasteiger partial charge in [-0.05, 0) is 45.9 Å². The van der Waals surface area contributed by atoms with Crippen LogP contribution in [0.2, 0.25) is 0 Å². The molecule has 1 unspecified atom stereocenters. The van der Waals surface area contributed by atoms with Gasteiger partial charge < -0.3 is 20.4 Å². The Hall–Kier alpha value is -0.650. The number of nitrogens with two attached hydrogens (primary N) is 1. The van der Waals surface area contributed by atoms with Gasteiger partial charge in [0.1, 0.15) is 0 Å². The number of carbonyl (C=O) groups is 1. The maximum absolute atomic E-state index is 12.4. The van der Waals surface area contributed by atoms with Gasteiger partial charge in [-0.1, -0.05) is 13.8 Å². The van der Waals surface area contributed by atoms with Crippen LogP contribution in [0.5, 0.6) is 0 Å². The minimum absolute atomic E-state index is 0.0522. The first-order valence-electron chi connectivity index (χ1n) is 8.20. The third-order valence-electron chi connectivity index (χ3n) is 4.85. The van der Waals surface area contributed by atoms with E-state index in [0.29, 0.717) is 18.5 Å². The summed E-state index contributed by atoms with van der Waals surface area (Å²) < 4.78 is 0. The smallest absolute Gasteiger partial charge is 0.227 e. The molecule has 0 aromatic carbocycles. The first-order valence-corrected chi connectivity index (χ1v) is 8.20. The third-order valence-corrected chi connectivity index (χ3v) is 4.85. The van der Waals surface area contributed by atoms with Gasteiger partial charge in [0.15, 0.2) is 0 Å². The highest BCUT2D eigenvalue weighted by atomic mass is 16.2. The van der Waals surface area contributed by atoms with E-state index < -0.39 is 0 Å². The normalized spacial score (nSPS) is 19.2. The Kier molecular flexibility index (Phi) is 7.63. The van der Waals surface area contributed by atoms with Crippen molar-refractivity contribution in [1.29, 1.82) is 0 Å². The van der Waals surface area contributed by atoms with Crippen molar-refractivity contribution < 1.29 is 4.79 Å². The van der Waals surface area contributed by atoms with Crippen LogP contribution in [0.15, 0.2) is 0 Å². The summed E-state index contributed by atoms with van der Waals surface area (Å²) in [5, 5.41) is 0. The van der Waals surface area contributed by atoms with Crippen molar-refractivity contribution in [2.75, 3.05) is 53.9 Å². The molecule has 0 saturated carbocycles. The van der Waals surface area contributed by atoms with Crippen molar-refractivity contribution in [2.24, 2.45) is 17.6 Å². The van der Waals surface area contributed by atoms with Crippen molar-refractivity contribution in [2.45, 2.75) is 32.7 Å². The molecule has 1 atom stereocenters. The molecule has 1 saturated heterocycles. The molecule has 1 aliphatic rings. The third kappa shape index (κ3) is 5.57. The van der Waals surface area contributed by atoms with Crippen molar-refractivity contribution in [3.8, 4) is 0 Å². The van der Waals surface area contributed by atoms with Gasteiger partial charge >= 0.3 is 0 Å². The topological polar surface area (TPSA) is 52.8 Å². The predicted octanol–water partition coefficient (Wildman–Crippen LogP) is 0.702. The maximum Gasteiger partial charge on any atom is 0.227 e. The van der Waals surface area contributed by atoms with Crippen molar-refractivity contribution in [1.82, 2.24) is 14.7 Å². The fourth-order valence-electron chi connectivity index (χ4n) is 2.98. The monoisotopic (exact) mass is 298 g/mol. The lowest BCUT2D eigenvalue weighted by molar-refractivity contribution is -0.135. The fraction of sp³-hybridized carbons (Fsp3) is 0.938. The second kappa shape index (κ2) is 8.71. The average molecular weight is 298 g/mol. The van der Waals surface area contributed by atoms with Crippen molar-refractivity contribution in [3.63, 3.8) is 0 Å². The molecule has 0 aliphatic carbocycles. The van der Waals surface area contributed by atoms with Gasteiger partial charge in [0.05, 0.1) is 5.92 Å². The standard InChI is InChI=1S/C16H34N4O/c1-13(2)15(12-17)16(21)20(5)11-10-19(4)14-6-8-18(3)9-7-14/h13-15H,6-12,17H2,1-5H3. The largest absolute Gasteiger partial charge is 0.344 e. The summed E-state index contributed by atoms with van der Waals surface area (Å²) in [4.78, 5) is 19.0. The molecule has 0 bridgehead atoms. The number of rotatable bonds is 7. The zero-order chi connectivity index (χ0) is 16.0. The van der Waals surface area contributed by atoms with E-state index >= 15 is 0 Å². The number of nitrogens with zero attached hydrogens (tertiary/aromatic N) is 3. The van der Waals surface area contributed by atoms with Gasteiger partial charge in [-0.15, -0.1) is 0 Å². The van der Waals surface area contributed by atoms with Crippen LogP contribution in [-0.2, 0) is 4.79 Å². The van der Waals surface area contributed by atoms with Gasteiger partial charge in [0, 0.05) is 32.7 Å². The first-order chi connectivity index (χ1) is 9.86. The van der Waals surface area contributed by atoms with Gasteiger partial charge in [-0.2, -0.15) is 0 Å². The molecule has 21 heavy (non-hydrogen) atoms. The number of hydrogen-bond donors (Lipinski definition) is 1.